The topological polar surface area (TPSA) is 0 Å². The van der Waals surface area contributed by atoms with Gasteiger partial charge in [-0.05, 0) is 30.1 Å². The van der Waals surface area contributed by atoms with Crippen LogP contribution < -0.4 is 0 Å². The van der Waals surface area contributed by atoms with E-state index >= 15 is 0 Å². The van der Waals surface area contributed by atoms with Gasteiger partial charge in [-0.2, -0.15) is 0 Å². The highest BCUT2D eigenvalue weighted by atomic mass is 14.4. The maximum Gasteiger partial charge on any atom is -0.0337 e. The van der Waals surface area contributed by atoms with Gasteiger partial charge in [0.2, 0.25) is 0 Å². The fourth-order valence-corrected chi connectivity index (χ4v) is 3.11. The van der Waals surface area contributed by atoms with E-state index in [2.05, 4.69) is 27.7 Å². The van der Waals surface area contributed by atoms with E-state index in [0.29, 0.717) is 0 Å². The molecule has 0 nitrogen and oxygen atoms in total. The predicted octanol–water partition coefficient (Wildman–Crippen LogP) is 4.10. The van der Waals surface area contributed by atoms with Crippen LogP contribution in [-0.2, 0) is 0 Å². The first kappa shape index (κ1) is 10.1. The second kappa shape index (κ2) is 4.30. The molecule has 72 valence electrons. The lowest BCUT2D eigenvalue weighted by Crippen LogP contribution is -2.37. The monoisotopic (exact) mass is 168 g/mol. The zero-order valence-corrected chi connectivity index (χ0v) is 9.14. The first-order chi connectivity index (χ1) is 5.66. The fourth-order valence-electron chi connectivity index (χ4n) is 3.11. The smallest absolute Gasteiger partial charge is 0.0337 e. The van der Waals surface area contributed by atoms with Gasteiger partial charge in [0.05, 0.1) is 0 Å². The summed E-state index contributed by atoms with van der Waals surface area (Å²) in [6.07, 6.45) is 5.72. The van der Waals surface area contributed by atoms with E-state index in [1.165, 1.54) is 25.7 Å². The Bertz CT molecular complexity index is 120. The van der Waals surface area contributed by atoms with Crippen LogP contribution in [-0.4, -0.2) is 0 Å². The molecule has 0 saturated heterocycles. The highest BCUT2D eigenvalue weighted by Crippen LogP contribution is 2.45. The Kier molecular flexibility index (Phi) is 3.61. The van der Waals surface area contributed by atoms with Gasteiger partial charge in [0.25, 0.3) is 0 Å². The average molecular weight is 168 g/mol. The van der Waals surface area contributed by atoms with E-state index in [1.54, 1.807) is 0 Å². The summed E-state index contributed by atoms with van der Waals surface area (Å²) in [5, 5.41) is 0. The molecule has 0 heteroatoms. The number of rotatable bonds is 4. The van der Waals surface area contributed by atoms with Crippen LogP contribution in [0.15, 0.2) is 0 Å². The fraction of sp³-hybridized carbons (Fsp3) is 1.00. The quantitative estimate of drug-likeness (QED) is 0.592. The Morgan fingerprint density at radius 1 is 1.25 bits per heavy atom. The summed E-state index contributed by atoms with van der Waals surface area (Å²) in [4.78, 5) is 0. The Morgan fingerprint density at radius 3 is 2.25 bits per heavy atom. The van der Waals surface area contributed by atoms with Crippen LogP contribution in [0.4, 0.5) is 0 Å². The Hall–Kier alpha value is 0. The van der Waals surface area contributed by atoms with Gasteiger partial charge in [-0.1, -0.05) is 47.0 Å². The first-order valence-electron chi connectivity index (χ1n) is 5.66. The van der Waals surface area contributed by atoms with Crippen LogP contribution in [0.2, 0.25) is 0 Å². The van der Waals surface area contributed by atoms with E-state index < -0.39 is 0 Å². The Balaban J connectivity index is 2.26. The van der Waals surface area contributed by atoms with E-state index in [4.69, 9.17) is 0 Å². The molecule has 0 heterocycles. The lowest BCUT2D eigenvalue weighted by atomic mass is 9.61. The molecule has 0 aliphatic heterocycles. The van der Waals surface area contributed by atoms with Crippen molar-refractivity contribution >= 4 is 0 Å². The van der Waals surface area contributed by atoms with Gasteiger partial charge in [0.1, 0.15) is 0 Å². The summed E-state index contributed by atoms with van der Waals surface area (Å²) in [6.45, 7) is 9.59. The summed E-state index contributed by atoms with van der Waals surface area (Å²) >= 11 is 0. The molecule has 3 atom stereocenters. The minimum Gasteiger partial charge on any atom is -0.0654 e. The second-order valence-electron chi connectivity index (χ2n) is 4.89. The maximum absolute atomic E-state index is 2.45. The summed E-state index contributed by atoms with van der Waals surface area (Å²) in [6, 6.07) is 0. The lowest BCUT2D eigenvalue weighted by Gasteiger charge is -2.45. The molecule has 1 aliphatic carbocycles. The van der Waals surface area contributed by atoms with Gasteiger partial charge in [0, 0.05) is 0 Å². The van der Waals surface area contributed by atoms with Gasteiger partial charge in [0.15, 0.2) is 0 Å². The van der Waals surface area contributed by atoms with Crippen molar-refractivity contribution < 1.29 is 0 Å². The minimum atomic E-state index is 0.976. The van der Waals surface area contributed by atoms with Crippen LogP contribution in [0.1, 0.15) is 53.4 Å². The van der Waals surface area contributed by atoms with Crippen molar-refractivity contribution in [2.45, 2.75) is 53.4 Å². The third-order valence-electron chi connectivity index (χ3n) is 3.73. The molecule has 0 aromatic carbocycles. The van der Waals surface area contributed by atoms with Crippen LogP contribution in [0, 0.1) is 23.7 Å². The van der Waals surface area contributed by atoms with E-state index in [-0.39, 0.29) is 0 Å². The molecular weight excluding hydrogens is 144 g/mol. The third kappa shape index (κ3) is 2.02. The van der Waals surface area contributed by atoms with Gasteiger partial charge in [-0.25, -0.2) is 0 Å². The molecule has 0 bridgehead atoms. The van der Waals surface area contributed by atoms with Crippen LogP contribution in [0.25, 0.3) is 0 Å². The van der Waals surface area contributed by atoms with E-state index in [1.807, 2.05) is 0 Å². The number of hydrogen-bond acceptors (Lipinski definition) is 0. The van der Waals surface area contributed by atoms with Crippen molar-refractivity contribution in [1.82, 2.24) is 0 Å². The van der Waals surface area contributed by atoms with Crippen molar-refractivity contribution in [3.05, 3.63) is 0 Å². The summed E-state index contributed by atoms with van der Waals surface area (Å²) < 4.78 is 0. The molecule has 1 aliphatic rings. The highest BCUT2D eigenvalue weighted by molar-refractivity contribution is 4.86. The molecule has 1 saturated carbocycles. The molecule has 0 N–H and O–H groups in total. The van der Waals surface area contributed by atoms with Crippen molar-refractivity contribution in [2.75, 3.05) is 0 Å². The Labute approximate surface area is 77.7 Å². The highest BCUT2D eigenvalue weighted by Gasteiger charge is 2.37. The van der Waals surface area contributed by atoms with Crippen molar-refractivity contribution in [3.63, 3.8) is 0 Å². The van der Waals surface area contributed by atoms with Gasteiger partial charge in [-0.15, -0.1) is 0 Å². The van der Waals surface area contributed by atoms with Crippen LogP contribution in [0.3, 0.4) is 0 Å². The van der Waals surface area contributed by atoms with E-state index in [0.717, 1.165) is 23.7 Å². The maximum atomic E-state index is 2.45. The standard InChI is InChI=1S/C12H24/c1-5-6-7-9(2)12-10(3)8-11(12)4/h9-12H,5-8H2,1-4H3. The van der Waals surface area contributed by atoms with Gasteiger partial charge in [-0.3, -0.25) is 0 Å². The summed E-state index contributed by atoms with van der Waals surface area (Å²) in [5.41, 5.74) is 0. The van der Waals surface area contributed by atoms with Crippen molar-refractivity contribution in [3.8, 4) is 0 Å². The summed E-state index contributed by atoms with van der Waals surface area (Å²) in [5.74, 6) is 4.03. The van der Waals surface area contributed by atoms with Crippen LogP contribution >= 0.6 is 0 Å². The number of hydrogen-bond donors (Lipinski definition) is 0. The van der Waals surface area contributed by atoms with E-state index in [9.17, 15) is 0 Å². The van der Waals surface area contributed by atoms with Gasteiger partial charge < -0.3 is 0 Å². The average Bonchev–Trinajstić information content (AvgIpc) is 2.00. The molecule has 0 aromatic rings. The number of unbranched alkanes of at least 4 members (excludes halogenated alkanes) is 1. The summed E-state index contributed by atoms with van der Waals surface area (Å²) in [7, 11) is 0. The van der Waals surface area contributed by atoms with Crippen molar-refractivity contribution in [1.29, 1.82) is 0 Å². The molecular formula is C12H24. The predicted molar refractivity (Wildman–Crippen MR) is 55.1 cm³/mol. The lowest BCUT2D eigenvalue weighted by molar-refractivity contribution is 0.0449. The van der Waals surface area contributed by atoms with Gasteiger partial charge >= 0.3 is 0 Å². The largest absolute Gasteiger partial charge is 0.0654 e. The van der Waals surface area contributed by atoms with Crippen LogP contribution in [0.5, 0.6) is 0 Å². The molecule has 1 rings (SSSR count). The second-order valence-corrected chi connectivity index (χ2v) is 4.89. The molecule has 0 radical (unpaired) electrons. The zero-order chi connectivity index (χ0) is 9.14. The SMILES string of the molecule is CCCCC(C)C1C(C)CC1C. The Morgan fingerprint density at radius 2 is 1.83 bits per heavy atom. The molecule has 0 spiro atoms. The molecule has 0 aromatic heterocycles. The van der Waals surface area contributed by atoms with Crippen molar-refractivity contribution in [2.24, 2.45) is 23.7 Å². The zero-order valence-electron chi connectivity index (χ0n) is 9.14. The minimum absolute atomic E-state index is 0.976. The first-order valence-corrected chi connectivity index (χ1v) is 5.66. The molecule has 3 unspecified atom stereocenters. The molecule has 0 amide bonds. The third-order valence-corrected chi connectivity index (χ3v) is 3.73. The molecule has 1 fully saturated rings. The normalized spacial score (nSPS) is 37.5. The molecule has 12 heavy (non-hydrogen) atoms.